The van der Waals surface area contributed by atoms with Gasteiger partial charge in [0.15, 0.2) is 12.4 Å². The third-order valence-corrected chi connectivity index (χ3v) is 4.66. The van der Waals surface area contributed by atoms with E-state index < -0.39 is 18.4 Å². The summed E-state index contributed by atoms with van der Waals surface area (Å²) in [5.74, 6) is -0.756. The van der Waals surface area contributed by atoms with Crippen LogP contribution in [0.5, 0.6) is 0 Å². The standard InChI is InChI=1S/C21H21N3O5/c1-11-19(13(3)25)12(2)22-20(11)16(26)10-29-18(27)9-8-17-23-15-7-5-4-6-14(15)21(28)24-17/h4-7,22H,8-10H2,1-3H3,(H,23,24,28). The Morgan fingerprint density at radius 3 is 2.52 bits per heavy atom. The van der Waals surface area contributed by atoms with Crippen LogP contribution in [-0.2, 0) is 16.0 Å². The number of hydrogen-bond acceptors (Lipinski definition) is 6. The molecular weight excluding hydrogens is 374 g/mol. The minimum atomic E-state index is -0.582. The van der Waals surface area contributed by atoms with Gasteiger partial charge in [-0.25, -0.2) is 4.98 Å². The number of fused-ring (bicyclic) bond motifs is 1. The number of H-pyrrole nitrogens is 2. The molecule has 0 fully saturated rings. The van der Waals surface area contributed by atoms with Gasteiger partial charge in [0.05, 0.1) is 23.0 Å². The second-order valence-corrected chi connectivity index (χ2v) is 6.79. The van der Waals surface area contributed by atoms with Gasteiger partial charge in [-0.2, -0.15) is 0 Å². The molecule has 0 saturated carbocycles. The number of nitrogens with one attached hydrogen (secondary N) is 2. The van der Waals surface area contributed by atoms with E-state index in [9.17, 15) is 19.2 Å². The summed E-state index contributed by atoms with van der Waals surface area (Å²) in [5.41, 5.74) is 2.18. The van der Waals surface area contributed by atoms with Gasteiger partial charge < -0.3 is 14.7 Å². The second kappa shape index (κ2) is 8.22. The van der Waals surface area contributed by atoms with E-state index >= 15 is 0 Å². The summed E-state index contributed by atoms with van der Waals surface area (Å²) in [4.78, 5) is 57.9. The topological polar surface area (TPSA) is 122 Å². The lowest BCUT2D eigenvalue weighted by molar-refractivity contribution is -0.142. The number of aromatic nitrogens is 3. The average molecular weight is 395 g/mol. The number of esters is 1. The van der Waals surface area contributed by atoms with E-state index in [-0.39, 0.29) is 29.9 Å². The van der Waals surface area contributed by atoms with Crippen molar-refractivity contribution >= 4 is 28.4 Å². The molecule has 0 bridgehead atoms. The number of ketones is 2. The molecule has 0 unspecified atom stereocenters. The smallest absolute Gasteiger partial charge is 0.306 e. The number of nitrogens with zero attached hydrogens (tertiary/aromatic N) is 1. The number of ether oxygens (including phenoxy) is 1. The predicted molar refractivity (Wildman–Crippen MR) is 106 cm³/mol. The van der Waals surface area contributed by atoms with Crippen LogP contribution in [0.1, 0.15) is 51.3 Å². The van der Waals surface area contributed by atoms with Crippen LogP contribution < -0.4 is 5.56 Å². The van der Waals surface area contributed by atoms with Gasteiger partial charge in [0, 0.05) is 17.7 Å². The molecule has 8 nitrogen and oxygen atoms in total. The molecule has 0 aliphatic carbocycles. The zero-order chi connectivity index (χ0) is 21.1. The van der Waals surface area contributed by atoms with Crippen molar-refractivity contribution in [2.75, 3.05) is 6.61 Å². The number of aromatic amines is 2. The molecule has 0 spiro atoms. The maximum Gasteiger partial charge on any atom is 0.306 e. The van der Waals surface area contributed by atoms with Crippen molar-refractivity contribution < 1.29 is 19.1 Å². The molecule has 29 heavy (non-hydrogen) atoms. The fourth-order valence-corrected chi connectivity index (χ4v) is 3.32. The lowest BCUT2D eigenvalue weighted by Crippen LogP contribution is -2.17. The Hall–Kier alpha value is -3.55. The fraction of sp³-hybridized carbons (Fsp3) is 0.286. The molecule has 3 rings (SSSR count). The van der Waals surface area contributed by atoms with Gasteiger partial charge in [-0.3, -0.25) is 19.2 Å². The van der Waals surface area contributed by atoms with E-state index in [1.807, 2.05) is 0 Å². The Kier molecular flexibility index (Phi) is 5.72. The molecule has 0 aliphatic heterocycles. The largest absolute Gasteiger partial charge is 0.457 e. The molecule has 2 aromatic heterocycles. The number of rotatable bonds is 7. The number of benzene rings is 1. The van der Waals surface area contributed by atoms with Crippen molar-refractivity contribution in [1.29, 1.82) is 0 Å². The molecule has 0 amide bonds. The molecule has 3 aromatic rings. The van der Waals surface area contributed by atoms with E-state index in [0.717, 1.165) is 0 Å². The molecular formula is C21H21N3O5. The van der Waals surface area contributed by atoms with Gasteiger partial charge in [-0.15, -0.1) is 0 Å². The lowest BCUT2D eigenvalue weighted by atomic mass is 10.1. The van der Waals surface area contributed by atoms with E-state index in [2.05, 4.69) is 15.0 Å². The summed E-state index contributed by atoms with van der Waals surface area (Å²) in [6.45, 7) is 4.39. The Morgan fingerprint density at radius 1 is 1.10 bits per heavy atom. The van der Waals surface area contributed by atoms with Crippen molar-refractivity contribution in [3.05, 3.63) is 63.0 Å². The summed E-state index contributed by atoms with van der Waals surface area (Å²) in [7, 11) is 0. The predicted octanol–water partition coefficient (Wildman–Crippen LogP) is 2.43. The van der Waals surface area contributed by atoms with Crippen LogP contribution in [0.15, 0.2) is 29.1 Å². The highest BCUT2D eigenvalue weighted by Crippen LogP contribution is 2.19. The van der Waals surface area contributed by atoms with Gasteiger partial charge in [-0.05, 0) is 38.5 Å². The summed E-state index contributed by atoms with van der Waals surface area (Å²) < 4.78 is 5.05. The summed E-state index contributed by atoms with van der Waals surface area (Å²) in [6, 6.07) is 6.92. The van der Waals surface area contributed by atoms with Crippen molar-refractivity contribution in [2.24, 2.45) is 0 Å². The Labute approximate surface area is 166 Å². The molecule has 2 heterocycles. The minimum absolute atomic E-state index is 0.0318. The second-order valence-electron chi connectivity index (χ2n) is 6.79. The third kappa shape index (κ3) is 4.31. The van der Waals surface area contributed by atoms with Gasteiger partial charge in [0.25, 0.3) is 5.56 Å². The van der Waals surface area contributed by atoms with Crippen LogP contribution in [0.25, 0.3) is 10.9 Å². The zero-order valence-corrected chi connectivity index (χ0v) is 16.4. The number of hydrogen-bond donors (Lipinski definition) is 2. The number of para-hydroxylation sites is 1. The van der Waals surface area contributed by atoms with Gasteiger partial charge in [0.2, 0.25) is 5.78 Å². The first-order valence-corrected chi connectivity index (χ1v) is 9.14. The van der Waals surface area contributed by atoms with Crippen molar-refractivity contribution in [1.82, 2.24) is 15.0 Å². The summed E-state index contributed by atoms with van der Waals surface area (Å²) in [6.07, 6.45) is 0.151. The van der Waals surface area contributed by atoms with Crippen LogP contribution in [0, 0.1) is 13.8 Å². The van der Waals surface area contributed by atoms with Gasteiger partial charge in [-0.1, -0.05) is 12.1 Å². The van der Waals surface area contributed by atoms with Crippen LogP contribution in [0.4, 0.5) is 0 Å². The van der Waals surface area contributed by atoms with Gasteiger partial charge >= 0.3 is 5.97 Å². The first-order valence-electron chi connectivity index (χ1n) is 9.14. The number of carbonyl (C=O) groups is 3. The third-order valence-electron chi connectivity index (χ3n) is 4.66. The average Bonchev–Trinajstić information content (AvgIpc) is 2.98. The van der Waals surface area contributed by atoms with Crippen LogP contribution in [-0.4, -0.2) is 39.1 Å². The molecule has 0 saturated heterocycles. The van der Waals surface area contributed by atoms with Crippen molar-refractivity contribution in [3.8, 4) is 0 Å². The zero-order valence-electron chi connectivity index (χ0n) is 16.4. The maximum atomic E-state index is 12.3. The molecule has 0 radical (unpaired) electrons. The van der Waals surface area contributed by atoms with Crippen molar-refractivity contribution in [3.63, 3.8) is 0 Å². The van der Waals surface area contributed by atoms with E-state index in [4.69, 9.17) is 4.74 Å². The lowest BCUT2D eigenvalue weighted by Gasteiger charge is -2.05. The van der Waals surface area contributed by atoms with Crippen LogP contribution in [0.3, 0.4) is 0 Å². The Morgan fingerprint density at radius 2 is 1.83 bits per heavy atom. The molecule has 0 atom stereocenters. The first kappa shape index (κ1) is 20.2. The van der Waals surface area contributed by atoms with Crippen LogP contribution >= 0.6 is 0 Å². The molecule has 2 N–H and O–H groups in total. The van der Waals surface area contributed by atoms with Crippen molar-refractivity contribution in [2.45, 2.75) is 33.6 Å². The minimum Gasteiger partial charge on any atom is -0.457 e. The number of carbonyl (C=O) groups excluding carboxylic acids is 3. The molecule has 150 valence electrons. The van der Waals surface area contributed by atoms with E-state index in [0.29, 0.717) is 33.5 Å². The summed E-state index contributed by atoms with van der Waals surface area (Å²) in [5, 5.41) is 0.478. The number of aryl methyl sites for hydroxylation is 2. The maximum absolute atomic E-state index is 12.3. The highest BCUT2D eigenvalue weighted by Gasteiger charge is 2.20. The van der Waals surface area contributed by atoms with E-state index in [1.165, 1.54) is 6.92 Å². The van der Waals surface area contributed by atoms with Crippen LogP contribution in [0.2, 0.25) is 0 Å². The highest BCUT2D eigenvalue weighted by atomic mass is 16.5. The summed E-state index contributed by atoms with van der Waals surface area (Å²) >= 11 is 0. The first-order chi connectivity index (χ1) is 13.8. The quantitative estimate of drug-likeness (QED) is 0.468. The molecule has 1 aromatic carbocycles. The monoisotopic (exact) mass is 395 g/mol. The van der Waals surface area contributed by atoms with E-state index in [1.54, 1.807) is 38.1 Å². The molecule has 8 heteroatoms. The van der Waals surface area contributed by atoms with Gasteiger partial charge in [0.1, 0.15) is 5.82 Å². The Balaban J connectivity index is 1.59. The SMILES string of the molecule is CC(=O)c1c(C)[nH]c(C(=O)COC(=O)CCc2nc3ccccc3c(=O)[nH]2)c1C. The molecule has 0 aliphatic rings. The normalized spacial score (nSPS) is 10.9. The highest BCUT2D eigenvalue weighted by molar-refractivity contribution is 6.04. The fourth-order valence-electron chi connectivity index (χ4n) is 3.32. The number of Topliss-reactive ketones (excluding diaryl/α,β-unsaturated/α-hetero) is 2. The Bertz CT molecular complexity index is 1170.